The Labute approximate surface area is 126 Å². The van der Waals surface area contributed by atoms with Crippen LogP contribution in [0.4, 0.5) is 0 Å². The van der Waals surface area contributed by atoms with Crippen molar-refractivity contribution in [2.75, 3.05) is 39.4 Å². The van der Waals surface area contributed by atoms with Crippen molar-refractivity contribution < 1.29 is 31.2 Å². The van der Waals surface area contributed by atoms with Crippen molar-refractivity contribution in [1.82, 2.24) is 0 Å². The molecule has 21 heavy (non-hydrogen) atoms. The molecule has 1 aliphatic heterocycles. The fourth-order valence-electron chi connectivity index (χ4n) is 2.58. The van der Waals surface area contributed by atoms with Gasteiger partial charge in [0.25, 0.3) is 0 Å². The lowest BCUT2D eigenvalue weighted by atomic mass is 10.1. The molecule has 0 aromatic carbocycles. The highest BCUT2D eigenvalue weighted by atomic mass is 32.3. The van der Waals surface area contributed by atoms with Crippen LogP contribution in [0.5, 0.6) is 0 Å². The van der Waals surface area contributed by atoms with Gasteiger partial charge in [0.05, 0.1) is 19.0 Å². The van der Waals surface area contributed by atoms with E-state index in [0.717, 1.165) is 32.4 Å². The summed E-state index contributed by atoms with van der Waals surface area (Å²) >= 11 is 0. The molecular formula is C13H25NO6S. The van der Waals surface area contributed by atoms with E-state index in [1.54, 1.807) is 13.8 Å². The van der Waals surface area contributed by atoms with Crippen molar-refractivity contribution in [3.63, 3.8) is 0 Å². The third-order valence-electron chi connectivity index (χ3n) is 3.84. The molecule has 0 N–H and O–H groups in total. The van der Waals surface area contributed by atoms with Gasteiger partial charge in [-0.3, -0.25) is 8.98 Å². The minimum absolute atomic E-state index is 0.121. The van der Waals surface area contributed by atoms with Crippen LogP contribution < -0.4 is 0 Å². The van der Waals surface area contributed by atoms with E-state index in [0.29, 0.717) is 24.2 Å². The SMILES string of the molecule is CC(C)C(=O)OCC[N+]1(CCOS(=O)(=O)[O-])CCCCC1. The lowest BCUT2D eigenvalue weighted by Crippen LogP contribution is -2.55. The number of carbonyl (C=O) groups is 1. The summed E-state index contributed by atoms with van der Waals surface area (Å²) in [5.74, 6) is -0.391. The number of ether oxygens (including phenoxy) is 1. The summed E-state index contributed by atoms with van der Waals surface area (Å²) in [6.45, 7) is 6.59. The molecule has 0 radical (unpaired) electrons. The first-order valence-corrected chi connectivity index (χ1v) is 8.69. The minimum Gasteiger partial charge on any atom is -0.726 e. The number of rotatable bonds is 8. The Bertz CT molecular complexity index is 428. The van der Waals surface area contributed by atoms with Crippen molar-refractivity contribution in [3.05, 3.63) is 0 Å². The topological polar surface area (TPSA) is 92.7 Å². The van der Waals surface area contributed by atoms with Gasteiger partial charge < -0.3 is 13.8 Å². The Morgan fingerprint density at radius 3 is 2.24 bits per heavy atom. The smallest absolute Gasteiger partial charge is 0.308 e. The van der Waals surface area contributed by atoms with Crippen LogP contribution >= 0.6 is 0 Å². The molecule has 0 atom stereocenters. The summed E-state index contributed by atoms with van der Waals surface area (Å²) in [6.07, 6.45) is 3.23. The minimum atomic E-state index is -4.64. The Balaban J connectivity index is 2.47. The van der Waals surface area contributed by atoms with Gasteiger partial charge in [0.15, 0.2) is 0 Å². The molecule has 0 unspecified atom stereocenters. The molecule has 124 valence electrons. The molecule has 0 aromatic heterocycles. The lowest BCUT2D eigenvalue weighted by molar-refractivity contribution is -0.932. The van der Waals surface area contributed by atoms with Gasteiger partial charge in [-0.2, -0.15) is 0 Å². The third-order valence-corrected chi connectivity index (χ3v) is 4.29. The molecule has 0 aromatic rings. The number of quaternary nitrogens is 1. The van der Waals surface area contributed by atoms with Crippen molar-refractivity contribution >= 4 is 16.4 Å². The maximum absolute atomic E-state index is 11.5. The van der Waals surface area contributed by atoms with E-state index in [1.165, 1.54) is 0 Å². The van der Waals surface area contributed by atoms with Gasteiger partial charge in [-0.05, 0) is 19.3 Å². The van der Waals surface area contributed by atoms with Crippen LogP contribution in [0.3, 0.4) is 0 Å². The standard InChI is InChI=1S/C13H25NO6S/c1-12(2)13(15)19-10-8-14(6-4-3-5-7-14)9-11-20-21(16,17)18/h12H,3-11H2,1-2H3. The Kier molecular flexibility index (Phi) is 7.05. The fraction of sp³-hybridized carbons (Fsp3) is 0.923. The van der Waals surface area contributed by atoms with Crippen molar-refractivity contribution in [3.8, 4) is 0 Å². The Hall–Kier alpha value is -0.700. The van der Waals surface area contributed by atoms with Crippen LogP contribution in [0.1, 0.15) is 33.1 Å². The first kappa shape index (κ1) is 18.3. The zero-order chi connectivity index (χ0) is 15.9. The van der Waals surface area contributed by atoms with E-state index < -0.39 is 10.4 Å². The van der Waals surface area contributed by atoms with E-state index in [2.05, 4.69) is 4.18 Å². The number of hydrogen-bond donors (Lipinski definition) is 0. The van der Waals surface area contributed by atoms with Crippen LogP contribution in [-0.2, 0) is 24.1 Å². The van der Waals surface area contributed by atoms with Gasteiger partial charge in [-0.15, -0.1) is 0 Å². The average Bonchev–Trinajstić information content (AvgIpc) is 2.38. The van der Waals surface area contributed by atoms with E-state index >= 15 is 0 Å². The first-order chi connectivity index (χ1) is 9.74. The van der Waals surface area contributed by atoms with Gasteiger partial charge in [0.1, 0.15) is 26.3 Å². The molecule has 8 heteroatoms. The molecule has 0 saturated carbocycles. The highest BCUT2D eigenvalue weighted by molar-refractivity contribution is 7.80. The predicted octanol–water partition coefficient (Wildman–Crippen LogP) is 0.663. The second kappa shape index (κ2) is 8.07. The average molecular weight is 323 g/mol. The van der Waals surface area contributed by atoms with Crippen molar-refractivity contribution in [2.45, 2.75) is 33.1 Å². The van der Waals surface area contributed by atoms with E-state index in [4.69, 9.17) is 4.74 Å². The van der Waals surface area contributed by atoms with Gasteiger partial charge >= 0.3 is 5.97 Å². The quantitative estimate of drug-likeness (QED) is 0.282. The van der Waals surface area contributed by atoms with Gasteiger partial charge in [0, 0.05) is 0 Å². The summed E-state index contributed by atoms with van der Waals surface area (Å²) in [6, 6.07) is 0. The molecule has 7 nitrogen and oxygen atoms in total. The summed E-state index contributed by atoms with van der Waals surface area (Å²) in [5, 5.41) is 0. The van der Waals surface area contributed by atoms with Crippen LogP contribution in [-0.4, -0.2) is 62.8 Å². The number of carbonyl (C=O) groups excluding carboxylic acids is 1. The third kappa shape index (κ3) is 7.21. The van der Waals surface area contributed by atoms with Crippen LogP contribution in [0.15, 0.2) is 0 Å². The molecule has 1 aliphatic rings. The molecule has 0 spiro atoms. The zero-order valence-electron chi connectivity index (χ0n) is 12.7. The Morgan fingerprint density at radius 2 is 1.71 bits per heavy atom. The summed E-state index contributed by atoms with van der Waals surface area (Å²) in [7, 11) is -4.64. The first-order valence-electron chi connectivity index (χ1n) is 7.36. The molecule has 0 aliphatic carbocycles. The second-order valence-electron chi connectivity index (χ2n) is 5.85. The van der Waals surface area contributed by atoms with Gasteiger partial charge in [-0.1, -0.05) is 13.8 Å². The highest BCUT2D eigenvalue weighted by Gasteiger charge is 2.30. The zero-order valence-corrected chi connectivity index (χ0v) is 13.6. The Morgan fingerprint density at radius 1 is 1.14 bits per heavy atom. The number of nitrogens with zero attached hydrogens (tertiary/aromatic N) is 1. The van der Waals surface area contributed by atoms with Crippen LogP contribution in [0.2, 0.25) is 0 Å². The van der Waals surface area contributed by atoms with Gasteiger partial charge in [-0.25, -0.2) is 8.42 Å². The van der Waals surface area contributed by atoms with Crippen LogP contribution in [0.25, 0.3) is 0 Å². The highest BCUT2D eigenvalue weighted by Crippen LogP contribution is 2.19. The van der Waals surface area contributed by atoms with E-state index in [9.17, 15) is 17.8 Å². The van der Waals surface area contributed by atoms with Crippen molar-refractivity contribution in [2.24, 2.45) is 5.92 Å². The van der Waals surface area contributed by atoms with Crippen molar-refractivity contribution in [1.29, 1.82) is 0 Å². The number of esters is 1. The predicted molar refractivity (Wildman–Crippen MR) is 75.0 cm³/mol. The molecule has 0 amide bonds. The maximum atomic E-state index is 11.5. The lowest BCUT2D eigenvalue weighted by Gasteiger charge is -2.41. The molecule has 1 saturated heterocycles. The van der Waals surface area contributed by atoms with Gasteiger partial charge in [0.2, 0.25) is 10.4 Å². The molecule has 0 bridgehead atoms. The molecule has 1 rings (SSSR count). The molecular weight excluding hydrogens is 298 g/mol. The fourth-order valence-corrected chi connectivity index (χ4v) is 2.86. The molecule has 1 heterocycles. The molecule has 1 fully saturated rings. The largest absolute Gasteiger partial charge is 0.726 e. The van der Waals surface area contributed by atoms with E-state index in [-0.39, 0.29) is 18.5 Å². The monoisotopic (exact) mass is 323 g/mol. The number of hydrogen-bond acceptors (Lipinski definition) is 6. The summed E-state index contributed by atoms with van der Waals surface area (Å²) < 4.78 is 41.7. The van der Waals surface area contributed by atoms with E-state index in [1.807, 2.05) is 0 Å². The normalized spacial score (nSPS) is 18.7. The second-order valence-corrected chi connectivity index (χ2v) is 6.90. The number of likely N-dealkylation sites (tertiary alicyclic amines) is 1. The van der Waals surface area contributed by atoms with Crippen LogP contribution in [0, 0.1) is 5.92 Å². The summed E-state index contributed by atoms with van der Waals surface area (Å²) in [4.78, 5) is 11.5. The maximum Gasteiger partial charge on any atom is 0.308 e. The number of piperidine rings is 1. The summed E-state index contributed by atoms with van der Waals surface area (Å²) in [5.41, 5.74) is 0.